The Morgan fingerprint density at radius 3 is 2.25 bits per heavy atom. The van der Waals surface area contributed by atoms with Gasteiger partial charge in [-0.3, -0.25) is 9.59 Å². The molecule has 0 unspecified atom stereocenters. The number of anilines is 1. The number of carbonyl (C=O) groups excluding carboxylic acids is 2. The molecule has 0 saturated heterocycles. The van der Waals surface area contributed by atoms with Gasteiger partial charge in [0.15, 0.2) is 0 Å². The third kappa shape index (κ3) is 6.20. The van der Waals surface area contributed by atoms with E-state index in [1.54, 1.807) is 11.8 Å². The highest BCUT2D eigenvalue weighted by atomic mass is 16.5. The van der Waals surface area contributed by atoms with E-state index in [1.807, 2.05) is 60.7 Å². The molecule has 32 heavy (non-hydrogen) atoms. The molecule has 2 aromatic carbocycles. The minimum Gasteiger partial charge on any atom is -0.497 e. The number of carbonyl (C=O) groups is 2. The fraction of sp³-hybridized carbons (Fsp3) is 0.320. The summed E-state index contributed by atoms with van der Waals surface area (Å²) in [4.78, 5) is 24.7. The van der Waals surface area contributed by atoms with Crippen molar-refractivity contribution in [3.63, 3.8) is 0 Å². The number of hydrogen-bond donors (Lipinski definition) is 2. The normalized spacial score (nSPS) is 11.1. The van der Waals surface area contributed by atoms with Crippen LogP contribution in [0.5, 0.6) is 5.75 Å². The SMILES string of the molecule is COc1ccc(-n2nc(C(C)(C)C)cc2NC(=O)CCC(=O)NCc2ccccc2)cc1. The maximum absolute atomic E-state index is 12.6. The first-order valence-electron chi connectivity index (χ1n) is 10.6. The number of nitrogens with zero attached hydrogens (tertiary/aromatic N) is 2. The Morgan fingerprint density at radius 1 is 0.969 bits per heavy atom. The molecule has 168 valence electrons. The Balaban J connectivity index is 1.65. The first-order valence-corrected chi connectivity index (χ1v) is 10.6. The van der Waals surface area contributed by atoms with E-state index < -0.39 is 0 Å². The third-order valence-electron chi connectivity index (χ3n) is 4.97. The van der Waals surface area contributed by atoms with Crippen LogP contribution in [0.1, 0.15) is 44.9 Å². The van der Waals surface area contributed by atoms with Gasteiger partial charge in [0.05, 0.1) is 18.5 Å². The van der Waals surface area contributed by atoms with Gasteiger partial charge in [0.2, 0.25) is 11.8 Å². The minimum atomic E-state index is -0.241. The maximum atomic E-state index is 12.6. The van der Waals surface area contributed by atoms with Crippen LogP contribution in [0.15, 0.2) is 60.7 Å². The summed E-state index contributed by atoms with van der Waals surface area (Å²) in [7, 11) is 1.61. The first-order chi connectivity index (χ1) is 15.3. The van der Waals surface area contributed by atoms with Crippen molar-refractivity contribution >= 4 is 17.6 Å². The molecule has 0 aliphatic heterocycles. The number of ether oxygens (including phenoxy) is 1. The Morgan fingerprint density at radius 2 is 1.62 bits per heavy atom. The van der Waals surface area contributed by atoms with E-state index in [9.17, 15) is 9.59 Å². The molecule has 2 N–H and O–H groups in total. The molecule has 0 bridgehead atoms. The summed E-state index contributed by atoms with van der Waals surface area (Å²) in [5.74, 6) is 0.900. The number of hydrogen-bond acceptors (Lipinski definition) is 4. The fourth-order valence-electron chi connectivity index (χ4n) is 3.07. The summed E-state index contributed by atoms with van der Waals surface area (Å²) < 4.78 is 6.93. The van der Waals surface area contributed by atoms with E-state index >= 15 is 0 Å². The lowest BCUT2D eigenvalue weighted by atomic mass is 9.92. The molecule has 0 fully saturated rings. The second kappa shape index (κ2) is 10.1. The van der Waals surface area contributed by atoms with Crippen LogP contribution >= 0.6 is 0 Å². The maximum Gasteiger partial charge on any atom is 0.226 e. The zero-order chi connectivity index (χ0) is 23.1. The first kappa shape index (κ1) is 23.1. The molecule has 3 rings (SSSR count). The predicted octanol–water partition coefficient (Wildman–Crippen LogP) is 4.21. The molecule has 0 aliphatic rings. The molecule has 1 aromatic heterocycles. The average molecular weight is 435 g/mol. The monoisotopic (exact) mass is 434 g/mol. The number of methoxy groups -OCH3 is 1. The van der Waals surface area contributed by atoms with Crippen LogP contribution in [0, 0.1) is 0 Å². The van der Waals surface area contributed by atoms with Gasteiger partial charge in [-0.1, -0.05) is 51.1 Å². The van der Waals surface area contributed by atoms with E-state index in [1.165, 1.54) is 0 Å². The van der Waals surface area contributed by atoms with Crippen LogP contribution < -0.4 is 15.4 Å². The van der Waals surface area contributed by atoms with Gasteiger partial charge in [-0.25, -0.2) is 4.68 Å². The van der Waals surface area contributed by atoms with Gasteiger partial charge in [0.1, 0.15) is 11.6 Å². The van der Waals surface area contributed by atoms with E-state index in [-0.39, 0.29) is 30.1 Å². The number of nitrogens with one attached hydrogen (secondary N) is 2. The van der Waals surface area contributed by atoms with Crippen molar-refractivity contribution in [2.45, 2.75) is 45.6 Å². The van der Waals surface area contributed by atoms with Gasteiger partial charge in [-0.05, 0) is 29.8 Å². The molecule has 7 heteroatoms. The van der Waals surface area contributed by atoms with Gasteiger partial charge in [0.25, 0.3) is 0 Å². The van der Waals surface area contributed by atoms with Gasteiger partial charge in [0, 0.05) is 30.9 Å². The molecule has 0 saturated carbocycles. The van der Waals surface area contributed by atoms with Crippen LogP contribution in [-0.2, 0) is 21.5 Å². The van der Waals surface area contributed by atoms with E-state index in [2.05, 4.69) is 31.4 Å². The van der Waals surface area contributed by atoms with Crippen LogP contribution in [0.3, 0.4) is 0 Å². The van der Waals surface area contributed by atoms with E-state index in [0.717, 1.165) is 22.7 Å². The van der Waals surface area contributed by atoms with Crippen molar-refractivity contribution in [2.75, 3.05) is 12.4 Å². The van der Waals surface area contributed by atoms with Crippen molar-refractivity contribution in [3.8, 4) is 11.4 Å². The van der Waals surface area contributed by atoms with Crippen molar-refractivity contribution in [1.29, 1.82) is 0 Å². The van der Waals surface area contributed by atoms with Gasteiger partial charge >= 0.3 is 0 Å². The van der Waals surface area contributed by atoms with E-state index in [0.29, 0.717) is 12.4 Å². The Hall–Kier alpha value is -3.61. The van der Waals surface area contributed by atoms with Gasteiger partial charge in [-0.15, -0.1) is 0 Å². The molecule has 0 radical (unpaired) electrons. The Kier molecular flexibility index (Phi) is 7.30. The summed E-state index contributed by atoms with van der Waals surface area (Å²) in [5, 5.41) is 10.5. The smallest absolute Gasteiger partial charge is 0.226 e. The van der Waals surface area contributed by atoms with Crippen LogP contribution in [-0.4, -0.2) is 28.7 Å². The summed E-state index contributed by atoms with van der Waals surface area (Å²) in [6, 6.07) is 19.0. The largest absolute Gasteiger partial charge is 0.497 e. The standard InChI is InChI=1S/C25H30N4O3/c1-25(2,3)21-16-22(29(28-21)19-10-12-20(32-4)13-11-19)27-24(31)15-14-23(30)26-17-18-8-6-5-7-9-18/h5-13,16H,14-15,17H2,1-4H3,(H,26,30)(H,27,31). The fourth-order valence-corrected chi connectivity index (χ4v) is 3.07. The van der Waals surface area contributed by atoms with Crippen molar-refractivity contribution in [1.82, 2.24) is 15.1 Å². The Bertz CT molecular complexity index is 1050. The van der Waals surface area contributed by atoms with Crippen LogP contribution in [0.4, 0.5) is 5.82 Å². The summed E-state index contributed by atoms with van der Waals surface area (Å²) >= 11 is 0. The molecule has 2 amide bonds. The number of benzene rings is 2. The Labute approximate surface area is 188 Å². The lowest BCUT2D eigenvalue weighted by Gasteiger charge is -2.14. The minimum absolute atomic E-state index is 0.0826. The zero-order valence-corrected chi connectivity index (χ0v) is 19.0. The third-order valence-corrected chi connectivity index (χ3v) is 4.97. The number of amides is 2. The quantitative estimate of drug-likeness (QED) is 0.556. The molecule has 7 nitrogen and oxygen atoms in total. The summed E-state index contributed by atoms with van der Waals surface area (Å²) in [5.41, 5.74) is 2.49. The topological polar surface area (TPSA) is 85.2 Å². The molecule has 3 aromatic rings. The summed E-state index contributed by atoms with van der Waals surface area (Å²) in [6.45, 7) is 6.64. The molecule has 1 heterocycles. The molecule has 0 aliphatic carbocycles. The van der Waals surface area contributed by atoms with Crippen LogP contribution in [0.25, 0.3) is 5.69 Å². The van der Waals surface area contributed by atoms with E-state index in [4.69, 9.17) is 9.84 Å². The summed E-state index contributed by atoms with van der Waals surface area (Å²) in [6.07, 6.45) is 0.195. The second-order valence-electron chi connectivity index (χ2n) is 8.59. The second-order valence-corrected chi connectivity index (χ2v) is 8.59. The van der Waals surface area contributed by atoms with Gasteiger partial charge < -0.3 is 15.4 Å². The lowest BCUT2D eigenvalue weighted by molar-refractivity contribution is -0.124. The zero-order valence-electron chi connectivity index (χ0n) is 19.0. The van der Waals surface area contributed by atoms with Crippen molar-refractivity contribution in [2.24, 2.45) is 0 Å². The van der Waals surface area contributed by atoms with Crippen molar-refractivity contribution in [3.05, 3.63) is 71.9 Å². The van der Waals surface area contributed by atoms with Gasteiger partial charge in [-0.2, -0.15) is 5.10 Å². The predicted molar refractivity (Wildman–Crippen MR) is 125 cm³/mol. The molecule has 0 atom stereocenters. The number of aromatic nitrogens is 2. The van der Waals surface area contributed by atoms with Crippen molar-refractivity contribution < 1.29 is 14.3 Å². The molecular formula is C25H30N4O3. The molecule has 0 spiro atoms. The highest BCUT2D eigenvalue weighted by Gasteiger charge is 2.21. The highest BCUT2D eigenvalue weighted by Crippen LogP contribution is 2.27. The lowest BCUT2D eigenvalue weighted by Crippen LogP contribution is -2.24. The molecular weight excluding hydrogens is 404 g/mol. The highest BCUT2D eigenvalue weighted by molar-refractivity contribution is 5.92. The average Bonchev–Trinajstić information content (AvgIpc) is 3.21. The van der Waals surface area contributed by atoms with Crippen LogP contribution in [0.2, 0.25) is 0 Å². The number of rotatable bonds is 8.